The predicted octanol–water partition coefficient (Wildman–Crippen LogP) is 2.50. The highest BCUT2D eigenvalue weighted by molar-refractivity contribution is 4.95. The van der Waals surface area contributed by atoms with Gasteiger partial charge in [0.1, 0.15) is 0 Å². The standard InChI is InChI=1S/C14H28N2/c1-5-8-9-12-15-14(4)11-10-13-16(6-2)7-3/h14-15H,6-7,9-13H2,1-4H3. The van der Waals surface area contributed by atoms with Crippen molar-refractivity contribution in [3.63, 3.8) is 0 Å². The van der Waals surface area contributed by atoms with Crippen molar-refractivity contribution in [2.75, 3.05) is 26.2 Å². The molecule has 0 saturated heterocycles. The van der Waals surface area contributed by atoms with Gasteiger partial charge in [0.2, 0.25) is 0 Å². The largest absolute Gasteiger partial charge is 0.313 e. The van der Waals surface area contributed by atoms with Crippen LogP contribution in [0.1, 0.15) is 47.0 Å². The van der Waals surface area contributed by atoms with Crippen molar-refractivity contribution < 1.29 is 0 Å². The molecule has 1 atom stereocenters. The number of nitrogens with zero attached hydrogens (tertiary/aromatic N) is 1. The third-order valence-electron chi connectivity index (χ3n) is 2.93. The Balaban J connectivity index is 3.41. The molecule has 0 aliphatic carbocycles. The van der Waals surface area contributed by atoms with Gasteiger partial charge in [0, 0.05) is 19.0 Å². The minimum atomic E-state index is 0.620. The second-order valence-corrected chi connectivity index (χ2v) is 4.20. The van der Waals surface area contributed by atoms with E-state index in [1.54, 1.807) is 0 Å². The first kappa shape index (κ1) is 15.5. The minimum Gasteiger partial charge on any atom is -0.313 e. The number of hydrogen-bond donors (Lipinski definition) is 1. The van der Waals surface area contributed by atoms with Crippen molar-refractivity contribution in [1.82, 2.24) is 10.2 Å². The van der Waals surface area contributed by atoms with E-state index < -0.39 is 0 Å². The highest BCUT2D eigenvalue weighted by atomic mass is 15.1. The monoisotopic (exact) mass is 224 g/mol. The van der Waals surface area contributed by atoms with Gasteiger partial charge >= 0.3 is 0 Å². The van der Waals surface area contributed by atoms with Crippen molar-refractivity contribution in [3.8, 4) is 11.8 Å². The second-order valence-electron chi connectivity index (χ2n) is 4.20. The normalized spacial score (nSPS) is 12.3. The Morgan fingerprint density at radius 3 is 2.50 bits per heavy atom. The summed E-state index contributed by atoms with van der Waals surface area (Å²) < 4.78 is 0. The number of nitrogens with one attached hydrogen (secondary N) is 1. The molecule has 0 aliphatic heterocycles. The SMILES string of the molecule is CC#CCCNC(C)CCCN(CC)CC. The summed E-state index contributed by atoms with van der Waals surface area (Å²) in [5.74, 6) is 5.99. The van der Waals surface area contributed by atoms with Crippen LogP contribution in [0.5, 0.6) is 0 Å². The topological polar surface area (TPSA) is 15.3 Å². The zero-order valence-electron chi connectivity index (χ0n) is 11.5. The maximum Gasteiger partial charge on any atom is 0.0214 e. The van der Waals surface area contributed by atoms with Crippen LogP contribution >= 0.6 is 0 Å². The predicted molar refractivity (Wildman–Crippen MR) is 72.6 cm³/mol. The van der Waals surface area contributed by atoms with Crippen molar-refractivity contribution in [2.45, 2.75) is 53.0 Å². The smallest absolute Gasteiger partial charge is 0.0214 e. The summed E-state index contributed by atoms with van der Waals surface area (Å²) in [5.41, 5.74) is 0. The van der Waals surface area contributed by atoms with E-state index >= 15 is 0 Å². The lowest BCUT2D eigenvalue weighted by Gasteiger charge is -2.19. The van der Waals surface area contributed by atoms with E-state index in [0.29, 0.717) is 6.04 Å². The molecule has 0 radical (unpaired) electrons. The van der Waals surface area contributed by atoms with Gasteiger partial charge in [0.25, 0.3) is 0 Å². The lowest BCUT2D eigenvalue weighted by Crippen LogP contribution is -2.29. The van der Waals surface area contributed by atoms with Gasteiger partial charge in [-0.15, -0.1) is 11.8 Å². The summed E-state index contributed by atoms with van der Waals surface area (Å²) in [6, 6.07) is 0.620. The zero-order chi connectivity index (χ0) is 12.2. The Labute approximate surface area is 102 Å². The summed E-state index contributed by atoms with van der Waals surface area (Å²) in [6.07, 6.45) is 3.52. The fourth-order valence-corrected chi connectivity index (χ4v) is 1.77. The quantitative estimate of drug-likeness (QED) is 0.478. The highest BCUT2D eigenvalue weighted by Gasteiger charge is 2.02. The van der Waals surface area contributed by atoms with Crippen LogP contribution in [0.4, 0.5) is 0 Å². The van der Waals surface area contributed by atoms with Crippen LogP contribution in [0, 0.1) is 11.8 Å². The highest BCUT2D eigenvalue weighted by Crippen LogP contribution is 1.99. The molecule has 0 saturated carbocycles. The van der Waals surface area contributed by atoms with E-state index in [-0.39, 0.29) is 0 Å². The van der Waals surface area contributed by atoms with Gasteiger partial charge in [-0.05, 0) is 46.3 Å². The number of rotatable bonds is 9. The molecule has 0 fully saturated rings. The second kappa shape index (κ2) is 11.0. The molecule has 0 aromatic heterocycles. The average molecular weight is 224 g/mol. The fraction of sp³-hybridized carbons (Fsp3) is 0.857. The molecule has 2 heteroatoms. The molecule has 16 heavy (non-hydrogen) atoms. The Morgan fingerprint density at radius 1 is 1.25 bits per heavy atom. The van der Waals surface area contributed by atoms with E-state index in [4.69, 9.17) is 0 Å². The van der Waals surface area contributed by atoms with Crippen molar-refractivity contribution in [1.29, 1.82) is 0 Å². The Morgan fingerprint density at radius 2 is 1.94 bits per heavy atom. The van der Waals surface area contributed by atoms with Crippen molar-refractivity contribution >= 4 is 0 Å². The summed E-state index contributed by atoms with van der Waals surface area (Å²) in [6.45, 7) is 13.2. The lowest BCUT2D eigenvalue weighted by molar-refractivity contribution is 0.291. The van der Waals surface area contributed by atoms with Crippen LogP contribution in [-0.4, -0.2) is 37.1 Å². The van der Waals surface area contributed by atoms with E-state index in [0.717, 1.165) is 13.0 Å². The van der Waals surface area contributed by atoms with E-state index in [1.807, 2.05) is 6.92 Å². The fourth-order valence-electron chi connectivity index (χ4n) is 1.77. The molecule has 1 unspecified atom stereocenters. The molecule has 0 aromatic rings. The lowest BCUT2D eigenvalue weighted by atomic mass is 10.1. The van der Waals surface area contributed by atoms with Gasteiger partial charge in [-0.25, -0.2) is 0 Å². The molecular formula is C14H28N2. The summed E-state index contributed by atoms with van der Waals surface area (Å²) in [7, 11) is 0. The Kier molecular flexibility index (Phi) is 10.6. The molecule has 0 heterocycles. The van der Waals surface area contributed by atoms with Crippen LogP contribution in [0.3, 0.4) is 0 Å². The molecule has 2 nitrogen and oxygen atoms in total. The van der Waals surface area contributed by atoms with Crippen LogP contribution in [-0.2, 0) is 0 Å². The summed E-state index contributed by atoms with van der Waals surface area (Å²) >= 11 is 0. The van der Waals surface area contributed by atoms with Gasteiger partial charge in [-0.1, -0.05) is 13.8 Å². The van der Waals surface area contributed by atoms with Gasteiger partial charge in [0.15, 0.2) is 0 Å². The molecule has 0 rings (SSSR count). The van der Waals surface area contributed by atoms with Crippen LogP contribution in [0.15, 0.2) is 0 Å². The summed E-state index contributed by atoms with van der Waals surface area (Å²) in [4.78, 5) is 2.48. The molecule has 0 aliphatic rings. The first-order valence-corrected chi connectivity index (χ1v) is 6.59. The minimum absolute atomic E-state index is 0.620. The first-order chi connectivity index (χ1) is 7.74. The van der Waals surface area contributed by atoms with Gasteiger partial charge in [-0.2, -0.15) is 0 Å². The molecule has 0 amide bonds. The van der Waals surface area contributed by atoms with Gasteiger partial charge in [0.05, 0.1) is 0 Å². The van der Waals surface area contributed by atoms with Crippen molar-refractivity contribution in [3.05, 3.63) is 0 Å². The van der Waals surface area contributed by atoms with Gasteiger partial charge in [-0.3, -0.25) is 0 Å². The average Bonchev–Trinajstić information content (AvgIpc) is 2.30. The van der Waals surface area contributed by atoms with Crippen LogP contribution in [0.2, 0.25) is 0 Å². The molecule has 0 bridgehead atoms. The maximum absolute atomic E-state index is 3.51. The molecule has 0 aromatic carbocycles. The molecular weight excluding hydrogens is 196 g/mol. The summed E-state index contributed by atoms with van der Waals surface area (Å²) in [5, 5.41) is 3.51. The zero-order valence-corrected chi connectivity index (χ0v) is 11.5. The van der Waals surface area contributed by atoms with E-state index in [1.165, 1.54) is 32.5 Å². The molecule has 0 spiro atoms. The Hall–Kier alpha value is -0.520. The maximum atomic E-state index is 3.51. The van der Waals surface area contributed by atoms with E-state index in [2.05, 4.69) is 42.8 Å². The number of hydrogen-bond acceptors (Lipinski definition) is 2. The molecule has 94 valence electrons. The first-order valence-electron chi connectivity index (χ1n) is 6.59. The molecule has 1 N–H and O–H groups in total. The van der Waals surface area contributed by atoms with Crippen LogP contribution in [0.25, 0.3) is 0 Å². The van der Waals surface area contributed by atoms with Crippen molar-refractivity contribution in [2.24, 2.45) is 0 Å². The third kappa shape index (κ3) is 8.76. The van der Waals surface area contributed by atoms with E-state index in [9.17, 15) is 0 Å². The third-order valence-corrected chi connectivity index (χ3v) is 2.93. The Bertz CT molecular complexity index is 199. The van der Waals surface area contributed by atoms with Crippen LogP contribution < -0.4 is 5.32 Å². The van der Waals surface area contributed by atoms with Gasteiger partial charge < -0.3 is 10.2 Å².